The maximum atomic E-state index is 12.8. The average Bonchev–Trinajstić information content (AvgIpc) is 2.77. The standard InChI is InChI=1S/C23H25F3N2O4/c1-4-13-32-28(5-2)22(29)20-15-18(11-12-27-20)14-17-7-9-19(10-8-17)31-16-21(30-6-3)23(24,25)26/h4,7-12,15-16H,1,5-6,13-14H2,2-3H3/b21-16-. The summed E-state index contributed by atoms with van der Waals surface area (Å²) in [5, 5.41) is 1.21. The van der Waals surface area contributed by atoms with Gasteiger partial charge in [-0.05, 0) is 55.7 Å². The van der Waals surface area contributed by atoms with Crippen molar-refractivity contribution < 1.29 is 32.3 Å². The van der Waals surface area contributed by atoms with Gasteiger partial charge in [0.2, 0.25) is 5.76 Å². The van der Waals surface area contributed by atoms with Crippen molar-refractivity contribution in [3.05, 3.63) is 84.1 Å². The second-order valence-electron chi connectivity index (χ2n) is 6.49. The Balaban J connectivity index is 2.07. The zero-order valence-electron chi connectivity index (χ0n) is 17.9. The first-order chi connectivity index (χ1) is 15.3. The largest absolute Gasteiger partial charge is 0.487 e. The summed E-state index contributed by atoms with van der Waals surface area (Å²) in [6.07, 6.45) is -0.503. The van der Waals surface area contributed by atoms with Crippen molar-refractivity contribution in [2.24, 2.45) is 0 Å². The minimum absolute atomic E-state index is 0.125. The number of benzene rings is 1. The fourth-order valence-electron chi connectivity index (χ4n) is 2.65. The summed E-state index contributed by atoms with van der Waals surface area (Å²) in [6.45, 7) is 7.24. The van der Waals surface area contributed by atoms with Crippen molar-refractivity contribution in [3.8, 4) is 5.75 Å². The van der Waals surface area contributed by atoms with E-state index in [0.29, 0.717) is 19.2 Å². The number of hydroxylamine groups is 2. The minimum atomic E-state index is -4.63. The summed E-state index contributed by atoms with van der Waals surface area (Å²) in [7, 11) is 0. The Morgan fingerprint density at radius 1 is 1.16 bits per heavy atom. The van der Waals surface area contributed by atoms with Crippen molar-refractivity contribution >= 4 is 5.91 Å². The molecule has 0 spiro atoms. The zero-order chi connectivity index (χ0) is 23.6. The second kappa shape index (κ2) is 11.9. The first-order valence-electron chi connectivity index (χ1n) is 9.94. The van der Waals surface area contributed by atoms with Crippen LogP contribution in [0.1, 0.15) is 35.5 Å². The van der Waals surface area contributed by atoms with Crippen LogP contribution in [0.3, 0.4) is 0 Å². The van der Waals surface area contributed by atoms with E-state index in [1.165, 1.54) is 12.0 Å². The van der Waals surface area contributed by atoms with E-state index in [1.54, 1.807) is 55.6 Å². The molecule has 0 aliphatic heterocycles. The van der Waals surface area contributed by atoms with Gasteiger partial charge in [-0.3, -0.25) is 14.6 Å². The minimum Gasteiger partial charge on any atom is -0.487 e. The van der Waals surface area contributed by atoms with E-state index in [-0.39, 0.29) is 30.6 Å². The van der Waals surface area contributed by atoms with E-state index in [1.807, 2.05) is 0 Å². The van der Waals surface area contributed by atoms with Crippen molar-refractivity contribution in [2.45, 2.75) is 26.4 Å². The quantitative estimate of drug-likeness (QED) is 0.272. The third-order valence-corrected chi connectivity index (χ3v) is 4.12. The van der Waals surface area contributed by atoms with Crippen LogP contribution in [-0.4, -0.2) is 41.9 Å². The topological polar surface area (TPSA) is 60.9 Å². The van der Waals surface area contributed by atoms with Gasteiger partial charge in [0, 0.05) is 12.7 Å². The Morgan fingerprint density at radius 2 is 1.88 bits per heavy atom. The number of carbonyl (C=O) groups excluding carboxylic acids is 1. The lowest BCUT2D eigenvalue weighted by Crippen LogP contribution is -2.31. The Kier molecular flexibility index (Phi) is 9.27. The summed E-state index contributed by atoms with van der Waals surface area (Å²) in [4.78, 5) is 22.0. The van der Waals surface area contributed by atoms with Crippen LogP contribution < -0.4 is 4.74 Å². The Bertz CT molecular complexity index is 928. The summed E-state index contributed by atoms with van der Waals surface area (Å²) in [5.41, 5.74) is 1.96. The van der Waals surface area contributed by atoms with Gasteiger partial charge in [0.15, 0.2) is 0 Å². The zero-order valence-corrected chi connectivity index (χ0v) is 17.9. The summed E-state index contributed by atoms with van der Waals surface area (Å²) < 4.78 is 48.1. The first-order valence-corrected chi connectivity index (χ1v) is 9.94. The molecular formula is C23H25F3N2O4. The summed E-state index contributed by atoms with van der Waals surface area (Å²) in [6, 6.07) is 10.0. The lowest BCUT2D eigenvalue weighted by Gasteiger charge is -2.19. The van der Waals surface area contributed by atoms with Gasteiger partial charge in [-0.25, -0.2) is 5.06 Å². The van der Waals surface area contributed by atoms with Crippen molar-refractivity contribution in [2.75, 3.05) is 19.8 Å². The molecule has 0 fully saturated rings. The highest BCUT2D eigenvalue weighted by molar-refractivity contribution is 5.91. The maximum absolute atomic E-state index is 12.8. The molecule has 0 unspecified atom stereocenters. The molecule has 2 rings (SSSR count). The van der Waals surface area contributed by atoms with Crippen molar-refractivity contribution in [3.63, 3.8) is 0 Å². The van der Waals surface area contributed by atoms with E-state index >= 15 is 0 Å². The number of alkyl halides is 3. The predicted octanol–water partition coefficient (Wildman–Crippen LogP) is 5.07. The van der Waals surface area contributed by atoms with E-state index in [9.17, 15) is 18.0 Å². The molecule has 1 aromatic carbocycles. The summed E-state index contributed by atoms with van der Waals surface area (Å²) in [5.74, 6) is -1.32. The highest BCUT2D eigenvalue weighted by atomic mass is 19.4. The number of hydrogen-bond acceptors (Lipinski definition) is 5. The van der Waals surface area contributed by atoms with E-state index in [4.69, 9.17) is 9.57 Å². The van der Waals surface area contributed by atoms with E-state index < -0.39 is 11.9 Å². The number of nitrogens with zero attached hydrogens (tertiary/aromatic N) is 2. The first kappa shape index (κ1) is 24.9. The molecule has 0 saturated carbocycles. The third kappa shape index (κ3) is 7.42. The smallest absolute Gasteiger partial charge is 0.452 e. The highest BCUT2D eigenvalue weighted by Crippen LogP contribution is 2.27. The monoisotopic (exact) mass is 450 g/mol. The lowest BCUT2D eigenvalue weighted by molar-refractivity contribution is -0.132. The van der Waals surface area contributed by atoms with Crippen LogP contribution in [0.4, 0.5) is 13.2 Å². The van der Waals surface area contributed by atoms with Crippen molar-refractivity contribution in [1.82, 2.24) is 10.0 Å². The van der Waals surface area contributed by atoms with Crippen LogP contribution in [0.2, 0.25) is 0 Å². The molecule has 1 heterocycles. The molecule has 1 amide bonds. The number of aromatic nitrogens is 1. The number of allylic oxidation sites excluding steroid dienone is 1. The third-order valence-electron chi connectivity index (χ3n) is 4.12. The fourth-order valence-corrected chi connectivity index (χ4v) is 2.65. The SMILES string of the molecule is C=CCON(CC)C(=O)c1cc(Cc2ccc(O/C=C(\OCC)C(F)(F)F)cc2)ccn1. The second-order valence-corrected chi connectivity index (χ2v) is 6.49. The van der Waals surface area contributed by atoms with Crippen LogP contribution in [0.15, 0.2) is 67.3 Å². The average molecular weight is 450 g/mol. The molecule has 0 saturated heterocycles. The van der Waals surface area contributed by atoms with Gasteiger partial charge < -0.3 is 9.47 Å². The number of amides is 1. The van der Waals surface area contributed by atoms with Crippen LogP contribution in [0.5, 0.6) is 5.75 Å². The molecule has 0 N–H and O–H groups in total. The Labute approximate surface area is 184 Å². The maximum Gasteiger partial charge on any atom is 0.452 e. The molecule has 172 valence electrons. The molecule has 0 aliphatic rings. The molecule has 1 aromatic heterocycles. The van der Waals surface area contributed by atoms with E-state index in [0.717, 1.165) is 11.1 Å². The number of rotatable bonds is 11. The normalized spacial score (nSPS) is 11.7. The number of hydrogen-bond donors (Lipinski definition) is 0. The Hall–Kier alpha value is -3.33. The van der Waals surface area contributed by atoms with Crippen LogP contribution in [-0.2, 0) is 16.0 Å². The van der Waals surface area contributed by atoms with Crippen LogP contribution in [0, 0.1) is 0 Å². The predicted molar refractivity (Wildman–Crippen MR) is 113 cm³/mol. The molecule has 0 aliphatic carbocycles. The van der Waals surface area contributed by atoms with Gasteiger partial charge in [0.25, 0.3) is 5.91 Å². The lowest BCUT2D eigenvalue weighted by atomic mass is 10.1. The van der Waals surface area contributed by atoms with E-state index in [2.05, 4.69) is 16.3 Å². The van der Waals surface area contributed by atoms with Gasteiger partial charge in [-0.1, -0.05) is 18.2 Å². The number of carbonyl (C=O) groups is 1. The molecule has 9 heteroatoms. The number of ether oxygens (including phenoxy) is 2. The molecule has 6 nitrogen and oxygen atoms in total. The molecule has 0 atom stereocenters. The highest BCUT2D eigenvalue weighted by Gasteiger charge is 2.36. The van der Waals surface area contributed by atoms with Crippen LogP contribution >= 0.6 is 0 Å². The van der Waals surface area contributed by atoms with Gasteiger partial charge in [-0.15, -0.1) is 6.58 Å². The Morgan fingerprint density at radius 3 is 2.47 bits per heavy atom. The number of pyridine rings is 1. The molecule has 0 bridgehead atoms. The van der Waals surface area contributed by atoms with Gasteiger partial charge >= 0.3 is 6.18 Å². The fraction of sp³-hybridized carbons (Fsp3) is 0.304. The molecular weight excluding hydrogens is 425 g/mol. The van der Waals surface area contributed by atoms with Gasteiger partial charge in [-0.2, -0.15) is 13.2 Å². The van der Waals surface area contributed by atoms with Crippen molar-refractivity contribution in [1.29, 1.82) is 0 Å². The van der Waals surface area contributed by atoms with Gasteiger partial charge in [0.05, 0.1) is 13.2 Å². The molecule has 2 aromatic rings. The van der Waals surface area contributed by atoms with Gasteiger partial charge in [0.1, 0.15) is 17.7 Å². The summed E-state index contributed by atoms with van der Waals surface area (Å²) >= 11 is 0. The van der Waals surface area contributed by atoms with Crippen LogP contribution in [0.25, 0.3) is 0 Å². The number of halogens is 3. The molecule has 32 heavy (non-hydrogen) atoms. The molecule has 0 radical (unpaired) electrons.